The Morgan fingerprint density at radius 3 is 2.72 bits per heavy atom. The monoisotopic (exact) mass is 266 g/mol. The minimum atomic E-state index is 0.428. The second-order valence-electron chi connectivity index (χ2n) is 6.25. The quantitative estimate of drug-likeness (QED) is 0.906. The number of nitrogens with zero attached hydrogens (tertiary/aromatic N) is 1. The molecule has 2 heterocycles. The summed E-state index contributed by atoms with van der Waals surface area (Å²) in [6.07, 6.45) is 3.92. The zero-order valence-corrected chi connectivity index (χ0v) is 12.7. The minimum Gasteiger partial charge on any atom is -0.329 e. The van der Waals surface area contributed by atoms with Gasteiger partial charge in [-0.2, -0.15) is 0 Å². The Morgan fingerprint density at radius 1 is 1.33 bits per heavy atom. The summed E-state index contributed by atoms with van der Waals surface area (Å²) in [5.74, 6) is 0. The molecular formula is C15H26N2S. The Bertz CT molecular complexity index is 384. The Kier molecular flexibility index (Phi) is 4.46. The minimum absolute atomic E-state index is 0.428. The van der Waals surface area contributed by atoms with Crippen LogP contribution in [0.1, 0.15) is 48.9 Å². The van der Waals surface area contributed by atoms with Crippen molar-refractivity contribution in [1.29, 1.82) is 0 Å². The fourth-order valence-corrected chi connectivity index (χ4v) is 3.86. The van der Waals surface area contributed by atoms with E-state index in [0.29, 0.717) is 11.5 Å². The average molecular weight is 266 g/mol. The van der Waals surface area contributed by atoms with Crippen molar-refractivity contribution in [3.05, 3.63) is 21.9 Å². The van der Waals surface area contributed by atoms with Crippen molar-refractivity contribution in [2.75, 3.05) is 19.6 Å². The van der Waals surface area contributed by atoms with Crippen LogP contribution in [0.3, 0.4) is 0 Å². The molecule has 1 aromatic heterocycles. The summed E-state index contributed by atoms with van der Waals surface area (Å²) in [7, 11) is 0. The second kappa shape index (κ2) is 5.72. The zero-order chi connectivity index (χ0) is 13.2. The van der Waals surface area contributed by atoms with Crippen molar-refractivity contribution >= 4 is 11.3 Å². The number of likely N-dealkylation sites (tertiary alicyclic amines) is 1. The molecule has 1 atom stereocenters. The maximum absolute atomic E-state index is 6.03. The van der Waals surface area contributed by atoms with E-state index < -0.39 is 0 Å². The second-order valence-corrected chi connectivity index (χ2v) is 7.57. The summed E-state index contributed by atoms with van der Waals surface area (Å²) < 4.78 is 0. The van der Waals surface area contributed by atoms with Gasteiger partial charge in [-0.3, -0.25) is 4.90 Å². The lowest BCUT2D eigenvalue weighted by Crippen LogP contribution is -2.34. The van der Waals surface area contributed by atoms with Gasteiger partial charge in [0.05, 0.1) is 6.04 Å². The van der Waals surface area contributed by atoms with Crippen LogP contribution in [0.15, 0.2) is 12.1 Å². The molecule has 0 aliphatic carbocycles. The van der Waals surface area contributed by atoms with Gasteiger partial charge in [0.1, 0.15) is 0 Å². The first kappa shape index (κ1) is 14.0. The summed E-state index contributed by atoms with van der Waals surface area (Å²) >= 11 is 1.90. The molecule has 0 saturated carbocycles. The van der Waals surface area contributed by atoms with Gasteiger partial charge in [-0.15, -0.1) is 11.3 Å². The first-order chi connectivity index (χ1) is 8.52. The Labute approximate surface area is 115 Å². The maximum atomic E-state index is 6.03. The number of aryl methyl sites for hydroxylation is 1. The predicted molar refractivity (Wildman–Crippen MR) is 80.1 cm³/mol. The molecule has 0 bridgehead atoms. The molecule has 102 valence electrons. The van der Waals surface area contributed by atoms with Crippen molar-refractivity contribution < 1.29 is 0 Å². The van der Waals surface area contributed by atoms with Gasteiger partial charge in [-0.25, -0.2) is 0 Å². The molecule has 1 saturated heterocycles. The third kappa shape index (κ3) is 3.34. The van der Waals surface area contributed by atoms with Crippen LogP contribution in [0.5, 0.6) is 0 Å². The fraction of sp³-hybridized carbons (Fsp3) is 0.733. The highest BCUT2D eigenvalue weighted by Gasteiger charge is 2.27. The molecule has 0 radical (unpaired) electrons. The van der Waals surface area contributed by atoms with E-state index in [1.807, 2.05) is 11.3 Å². The van der Waals surface area contributed by atoms with E-state index in [0.717, 1.165) is 6.54 Å². The normalized spacial score (nSPS) is 22.7. The smallest absolute Gasteiger partial charge is 0.0564 e. The molecule has 1 aliphatic heterocycles. The molecule has 1 aliphatic rings. The lowest BCUT2D eigenvalue weighted by molar-refractivity contribution is 0.202. The Hall–Kier alpha value is -0.380. The summed E-state index contributed by atoms with van der Waals surface area (Å²) in [6.45, 7) is 10.1. The van der Waals surface area contributed by atoms with E-state index >= 15 is 0 Å². The number of rotatable bonds is 3. The van der Waals surface area contributed by atoms with E-state index in [1.165, 1.54) is 42.1 Å². The summed E-state index contributed by atoms with van der Waals surface area (Å²) in [6, 6.07) is 4.90. The number of nitrogens with two attached hydrogens (primary N) is 1. The third-order valence-corrected chi connectivity index (χ3v) is 5.23. The van der Waals surface area contributed by atoms with Crippen molar-refractivity contribution in [3.63, 3.8) is 0 Å². The van der Waals surface area contributed by atoms with Gasteiger partial charge in [-0.1, -0.05) is 13.8 Å². The van der Waals surface area contributed by atoms with Gasteiger partial charge < -0.3 is 5.73 Å². The molecule has 1 unspecified atom stereocenters. The van der Waals surface area contributed by atoms with Crippen LogP contribution >= 0.6 is 11.3 Å². The molecule has 0 spiro atoms. The van der Waals surface area contributed by atoms with Gasteiger partial charge in [0.15, 0.2) is 0 Å². The highest BCUT2D eigenvalue weighted by molar-refractivity contribution is 7.12. The highest BCUT2D eigenvalue weighted by Crippen LogP contribution is 2.34. The molecule has 0 amide bonds. The molecule has 2 rings (SSSR count). The molecule has 1 fully saturated rings. The van der Waals surface area contributed by atoms with Crippen molar-refractivity contribution in [2.24, 2.45) is 11.1 Å². The van der Waals surface area contributed by atoms with E-state index in [-0.39, 0.29) is 0 Å². The lowest BCUT2D eigenvalue weighted by Gasteiger charge is -2.29. The zero-order valence-electron chi connectivity index (χ0n) is 11.9. The largest absolute Gasteiger partial charge is 0.329 e. The first-order valence-electron chi connectivity index (χ1n) is 7.02. The maximum Gasteiger partial charge on any atom is 0.0564 e. The first-order valence-corrected chi connectivity index (χ1v) is 7.84. The van der Waals surface area contributed by atoms with Crippen molar-refractivity contribution in [1.82, 2.24) is 4.90 Å². The van der Waals surface area contributed by atoms with Crippen molar-refractivity contribution in [2.45, 2.75) is 46.1 Å². The van der Waals surface area contributed by atoms with Gasteiger partial charge in [0, 0.05) is 16.3 Å². The molecule has 1 aromatic rings. The molecule has 2 N–H and O–H groups in total. The van der Waals surface area contributed by atoms with Gasteiger partial charge in [0.25, 0.3) is 0 Å². The van der Waals surface area contributed by atoms with E-state index in [1.54, 1.807) is 0 Å². The van der Waals surface area contributed by atoms with Crippen LogP contribution in [0.25, 0.3) is 0 Å². The summed E-state index contributed by atoms with van der Waals surface area (Å²) in [5, 5.41) is 0. The Balaban J connectivity index is 2.08. The molecule has 0 aromatic carbocycles. The average Bonchev–Trinajstić information content (AvgIpc) is 2.64. The van der Waals surface area contributed by atoms with Gasteiger partial charge >= 0.3 is 0 Å². The lowest BCUT2D eigenvalue weighted by atomic mass is 9.85. The van der Waals surface area contributed by atoms with E-state index in [2.05, 4.69) is 37.8 Å². The molecular weight excluding hydrogens is 240 g/mol. The van der Waals surface area contributed by atoms with E-state index in [9.17, 15) is 0 Å². The third-order valence-electron chi connectivity index (χ3n) is 4.13. The van der Waals surface area contributed by atoms with Crippen LogP contribution in [0.4, 0.5) is 0 Å². The summed E-state index contributed by atoms with van der Waals surface area (Å²) in [5.41, 5.74) is 6.53. The van der Waals surface area contributed by atoms with Gasteiger partial charge in [0.2, 0.25) is 0 Å². The topological polar surface area (TPSA) is 29.3 Å². The molecule has 2 nitrogen and oxygen atoms in total. The number of hydrogen-bond donors (Lipinski definition) is 1. The van der Waals surface area contributed by atoms with Crippen LogP contribution < -0.4 is 5.73 Å². The fourth-order valence-electron chi connectivity index (χ4n) is 2.83. The SMILES string of the molecule is Cc1ccc(C(CN)N2CCCC(C)(C)CC2)s1. The summed E-state index contributed by atoms with van der Waals surface area (Å²) in [4.78, 5) is 5.42. The molecule has 18 heavy (non-hydrogen) atoms. The van der Waals surface area contributed by atoms with Crippen LogP contribution in [0, 0.1) is 12.3 Å². The highest BCUT2D eigenvalue weighted by atomic mass is 32.1. The predicted octanol–water partition coefficient (Wildman–Crippen LogP) is 3.57. The molecule has 3 heteroatoms. The van der Waals surface area contributed by atoms with Crippen LogP contribution in [-0.2, 0) is 0 Å². The Morgan fingerprint density at radius 2 is 2.11 bits per heavy atom. The van der Waals surface area contributed by atoms with Crippen molar-refractivity contribution in [3.8, 4) is 0 Å². The number of hydrogen-bond acceptors (Lipinski definition) is 3. The van der Waals surface area contributed by atoms with Crippen LogP contribution in [0.2, 0.25) is 0 Å². The van der Waals surface area contributed by atoms with Gasteiger partial charge in [-0.05, 0) is 56.8 Å². The number of thiophene rings is 1. The standard InChI is InChI=1S/C15H26N2S/c1-12-5-6-14(18-12)13(11-16)17-9-4-7-15(2,3)8-10-17/h5-6,13H,4,7-11,16H2,1-3H3. The van der Waals surface area contributed by atoms with E-state index in [4.69, 9.17) is 5.73 Å². The van der Waals surface area contributed by atoms with Crippen LogP contribution in [-0.4, -0.2) is 24.5 Å².